The number of hydrogen-bond donors (Lipinski definition) is 5. The molecule has 2 rings (SSSR count). The lowest BCUT2D eigenvalue weighted by molar-refractivity contribution is -0.141. The van der Waals surface area contributed by atoms with Gasteiger partial charge in [-0.05, 0) is 32.4 Å². The van der Waals surface area contributed by atoms with Crippen LogP contribution < -0.4 is 10.6 Å². The Balaban J connectivity index is 0.000000171. The maximum atomic E-state index is 10.2. The van der Waals surface area contributed by atoms with Gasteiger partial charge < -0.3 is 26.0 Å². The molecule has 0 amide bonds. The number of nitrogens with one attached hydrogen (secondary N) is 2. The topological polar surface area (TPSA) is 119 Å². The summed E-state index contributed by atoms with van der Waals surface area (Å²) in [7, 11) is 0. The Kier molecular flexibility index (Phi) is 5.33. The normalized spacial score (nSPS) is 31.7. The second kappa shape index (κ2) is 6.53. The molecule has 0 aromatic rings. The summed E-state index contributed by atoms with van der Waals surface area (Å²) in [6.45, 7) is 1.45. The first-order valence-electron chi connectivity index (χ1n) is 5.63. The summed E-state index contributed by atoms with van der Waals surface area (Å²) < 4.78 is 0. The summed E-state index contributed by atoms with van der Waals surface area (Å²) in [5.41, 5.74) is 0. The third-order valence-electron chi connectivity index (χ3n) is 2.81. The number of carboxylic acid groups (broad SMARTS) is 2. The minimum atomic E-state index is -0.972. The van der Waals surface area contributed by atoms with E-state index in [-0.39, 0.29) is 6.04 Å². The number of carbonyl (C=O) groups is 2. The van der Waals surface area contributed by atoms with Gasteiger partial charge in [0.15, 0.2) is 0 Å². The van der Waals surface area contributed by atoms with Gasteiger partial charge >= 0.3 is 11.9 Å². The molecule has 0 aliphatic carbocycles. The first-order valence-corrected chi connectivity index (χ1v) is 5.63. The van der Waals surface area contributed by atoms with Gasteiger partial charge in [0.1, 0.15) is 12.1 Å². The number of aliphatic carboxylic acids is 2. The fourth-order valence-electron chi connectivity index (χ4n) is 1.84. The molecule has 0 radical (unpaired) electrons. The van der Waals surface area contributed by atoms with Crippen LogP contribution in [-0.4, -0.2) is 58.5 Å². The first-order chi connectivity index (χ1) is 8.02. The average Bonchev–Trinajstić information content (AvgIpc) is 2.87. The average molecular weight is 246 g/mol. The molecule has 0 saturated carbocycles. The fraction of sp³-hybridized carbons (Fsp3) is 0.800. The molecule has 0 aromatic carbocycles. The van der Waals surface area contributed by atoms with E-state index in [9.17, 15) is 9.59 Å². The molecule has 2 aliphatic rings. The van der Waals surface area contributed by atoms with E-state index >= 15 is 0 Å². The minimum absolute atomic E-state index is 0.269. The van der Waals surface area contributed by atoms with Crippen molar-refractivity contribution in [3.8, 4) is 0 Å². The van der Waals surface area contributed by atoms with Crippen molar-refractivity contribution in [2.45, 2.75) is 37.5 Å². The van der Waals surface area contributed by atoms with Gasteiger partial charge in [-0.3, -0.25) is 9.59 Å². The Morgan fingerprint density at radius 1 is 1.00 bits per heavy atom. The van der Waals surface area contributed by atoms with Crippen molar-refractivity contribution in [2.75, 3.05) is 13.1 Å². The van der Waals surface area contributed by atoms with Crippen molar-refractivity contribution >= 4 is 11.9 Å². The number of hydrogen-bond acceptors (Lipinski definition) is 5. The van der Waals surface area contributed by atoms with Crippen LogP contribution in [0.2, 0.25) is 0 Å². The van der Waals surface area contributed by atoms with Gasteiger partial charge in [0.25, 0.3) is 0 Å². The monoisotopic (exact) mass is 246 g/mol. The predicted molar refractivity (Wildman–Crippen MR) is 58.7 cm³/mol. The Hall–Kier alpha value is -1.18. The summed E-state index contributed by atoms with van der Waals surface area (Å²) in [6.07, 6.45) is 1.62. The highest BCUT2D eigenvalue weighted by Crippen LogP contribution is 2.05. The SMILES string of the molecule is O=C(O)[C@@H]1CCCN1.O=C(O)[C@H]1NCC[C@H]1O. The van der Waals surface area contributed by atoms with Crippen LogP contribution in [0.25, 0.3) is 0 Å². The lowest BCUT2D eigenvalue weighted by Crippen LogP contribution is -2.38. The van der Waals surface area contributed by atoms with E-state index in [2.05, 4.69) is 10.6 Å². The predicted octanol–water partition coefficient (Wildman–Crippen LogP) is -1.38. The van der Waals surface area contributed by atoms with Crippen LogP contribution in [0.3, 0.4) is 0 Å². The van der Waals surface area contributed by atoms with Crippen molar-refractivity contribution in [1.82, 2.24) is 10.6 Å². The van der Waals surface area contributed by atoms with Crippen molar-refractivity contribution in [3.63, 3.8) is 0 Å². The van der Waals surface area contributed by atoms with Crippen LogP contribution in [-0.2, 0) is 9.59 Å². The smallest absolute Gasteiger partial charge is 0.323 e. The van der Waals surface area contributed by atoms with Crippen molar-refractivity contribution in [1.29, 1.82) is 0 Å². The molecular formula is C10H18N2O5. The van der Waals surface area contributed by atoms with Crippen molar-refractivity contribution in [3.05, 3.63) is 0 Å². The maximum Gasteiger partial charge on any atom is 0.323 e. The molecular weight excluding hydrogens is 228 g/mol. The largest absolute Gasteiger partial charge is 0.480 e. The zero-order valence-corrected chi connectivity index (χ0v) is 9.43. The molecule has 17 heavy (non-hydrogen) atoms. The van der Waals surface area contributed by atoms with Crippen LogP contribution in [0, 0.1) is 0 Å². The highest BCUT2D eigenvalue weighted by molar-refractivity contribution is 5.74. The molecule has 0 unspecified atom stereocenters. The molecule has 0 spiro atoms. The molecule has 7 heteroatoms. The fourth-order valence-corrected chi connectivity index (χ4v) is 1.84. The minimum Gasteiger partial charge on any atom is -0.480 e. The Morgan fingerprint density at radius 2 is 1.71 bits per heavy atom. The van der Waals surface area contributed by atoms with E-state index in [1.165, 1.54) is 0 Å². The van der Waals surface area contributed by atoms with E-state index in [1.54, 1.807) is 0 Å². The molecule has 2 aliphatic heterocycles. The maximum absolute atomic E-state index is 10.2. The number of rotatable bonds is 2. The number of aliphatic hydroxyl groups excluding tert-OH is 1. The highest BCUT2D eigenvalue weighted by atomic mass is 16.4. The summed E-state index contributed by atoms with van der Waals surface area (Å²) >= 11 is 0. The second-order valence-electron chi connectivity index (χ2n) is 4.11. The van der Waals surface area contributed by atoms with Gasteiger partial charge in [0.2, 0.25) is 0 Å². The van der Waals surface area contributed by atoms with Crippen LogP contribution in [0.1, 0.15) is 19.3 Å². The molecule has 0 aromatic heterocycles. The summed E-state index contributed by atoms with van der Waals surface area (Å²) in [6, 6.07) is -1.01. The van der Waals surface area contributed by atoms with Crippen LogP contribution in [0.5, 0.6) is 0 Å². The van der Waals surface area contributed by atoms with E-state index in [0.717, 1.165) is 19.4 Å². The van der Waals surface area contributed by atoms with Crippen LogP contribution in [0.4, 0.5) is 0 Å². The second-order valence-corrected chi connectivity index (χ2v) is 4.11. The number of carboxylic acids is 2. The Bertz CT molecular complexity index is 278. The molecule has 2 fully saturated rings. The Morgan fingerprint density at radius 3 is 1.94 bits per heavy atom. The first kappa shape index (κ1) is 13.9. The van der Waals surface area contributed by atoms with Gasteiger partial charge in [-0.2, -0.15) is 0 Å². The molecule has 5 N–H and O–H groups in total. The van der Waals surface area contributed by atoms with Crippen molar-refractivity contribution < 1.29 is 24.9 Å². The van der Waals surface area contributed by atoms with Gasteiger partial charge in [0.05, 0.1) is 6.10 Å². The van der Waals surface area contributed by atoms with E-state index in [0.29, 0.717) is 13.0 Å². The Labute approximate surface area is 98.8 Å². The van der Waals surface area contributed by atoms with E-state index in [4.69, 9.17) is 15.3 Å². The third kappa shape index (κ3) is 4.29. The van der Waals surface area contributed by atoms with E-state index < -0.39 is 24.1 Å². The molecule has 0 bridgehead atoms. The molecule has 2 heterocycles. The van der Waals surface area contributed by atoms with Gasteiger partial charge in [-0.1, -0.05) is 0 Å². The lowest BCUT2D eigenvalue weighted by atomic mass is 10.2. The molecule has 3 atom stereocenters. The summed E-state index contributed by atoms with van der Waals surface area (Å²) in [5, 5.41) is 31.1. The number of aliphatic hydroxyl groups is 1. The standard InChI is InChI=1S/C5H9NO3.C5H9NO2/c7-3-1-2-6-4(3)5(8)9;7-5(8)4-2-1-3-6-4/h3-4,6-7H,1-2H2,(H,8,9);4,6H,1-3H2,(H,7,8)/t3-,4+;4-/m10/s1. The summed E-state index contributed by atoms with van der Waals surface area (Å²) in [5.74, 6) is -1.69. The van der Waals surface area contributed by atoms with Gasteiger partial charge in [-0.25, -0.2) is 0 Å². The van der Waals surface area contributed by atoms with Crippen molar-refractivity contribution in [2.24, 2.45) is 0 Å². The zero-order chi connectivity index (χ0) is 12.8. The van der Waals surface area contributed by atoms with Gasteiger partial charge in [-0.15, -0.1) is 0 Å². The molecule has 2 saturated heterocycles. The quantitative estimate of drug-likeness (QED) is 0.407. The zero-order valence-electron chi connectivity index (χ0n) is 9.43. The lowest BCUT2D eigenvalue weighted by Gasteiger charge is -2.06. The van der Waals surface area contributed by atoms with Crippen LogP contribution in [0.15, 0.2) is 0 Å². The van der Waals surface area contributed by atoms with E-state index in [1.807, 2.05) is 0 Å². The highest BCUT2D eigenvalue weighted by Gasteiger charge is 2.30. The van der Waals surface area contributed by atoms with Gasteiger partial charge in [0, 0.05) is 0 Å². The van der Waals surface area contributed by atoms with Crippen LogP contribution >= 0.6 is 0 Å². The molecule has 98 valence electrons. The summed E-state index contributed by atoms with van der Waals surface area (Å²) in [4.78, 5) is 20.3. The molecule has 7 nitrogen and oxygen atoms in total. The third-order valence-corrected chi connectivity index (χ3v) is 2.81.